The normalized spacial score (nSPS) is 10.5. The summed E-state index contributed by atoms with van der Waals surface area (Å²) < 4.78 is 5.55. The molecule has 0 atom stereocenters. The number of H-pyrrole nitrogens is 1. The van der Waals surface area contributed by atoms with Crippen LogP contribution in [0.2, 0.25) is 5.02 Å². The molecule has 0 aliphatic carbocycles. The van der Waals surface area contributed by atoms with Gasteiger partial charge in [0.2, 0.25) is 0 Å². The van der Waals surface area contributed by atoms with Gasteiger partial charge in [-0.1, -0.05) is 42.0 Å². The second kappa shape index (κ2) is 5.40. The largest absolute Gasteiger partial charge is 0.377 e. The van der Waals surface area contributed by atoms with E-state index in [0.717, 1.165) is 11.3 Å². The minimum atomic E-state index is 0.391. The predicted molar refractivity (Wildman–Crippen MR) is 70.6 cm³/mol. The topological polar surface area (TPSA) is 37.9 Å². The van der Waals surface area contributed by atoms with Gasteiger partial charge >= 0.3 is 0 Å². The van der Waals surface area contributed by atoms with Crippen molar-refractivity contribution in [3.63, 3.8) is 0 Å². The lowest BCUT2D eigenvalue weighted by Gasteiger charge is -2.07. The first-order valence-electron chi connectivity index (χ1n) is 5.05. The Balaban J connectivity index is 2.52. The summed E-state index contributed by atoms with van der Waals surface area (Å²) in [6.07, 6.45) is 0. The van der Waals surface area contributed by atoms with Crippen LogP contribution in [-0.4, -0.2) is 17.1 Å². The molecule has 3 nitrogen and oxygen atoms in total. The molecule has 0 spiro atoms. The summed E-state index contributed by atoms with van der Waals surface area (Å²) in [5.41, 5.74) is 1.75. The van der Waals surface area contributed by atoms with Crippen molar-refractivity contribution in [3.8, 4) is 11.3 Å². The molecule has 17 heavy (non-hydrogen) atoms. The standard InChI is InChI=1S/C12H11ClN2OS/c1-16-7-11-14-10(6-12(17)15-11)8-4-2-3-5-9(8)13/h2-6H,7H2,1H3,(H,14,15,17). The first-order chi connectivity index (χ1) is 8.20. The molecule has 88 valence electrons. The Kier molecular flexibility index (Phi) is 3.89. The molecule has 0 aliphatic rings. The Bertz CT molecular complexity index is 583. The van der Waals surface area contributed by atoms with Crippen molar-refractivity contribution in [1.82, 2.24) is 9.97 Å². The van der Waals surface area contributed by atoms with E-state index in [1.165, 1.54) is 0 Å². The van der Waals surface area contributed by atoms with Gasteiger partial charge in [0.05, 0.1) is 5.69 Å². The molecule has 0 aliphatic heterocycles. The van der Waals surface area contributed by atoms with Gasteiger partial charge in [0.1, 0.15) is 17.1 Å². The molecule has 0 radical (unpaired) electrons. The van der Waals surface area contributed by atoms with Crippen molar-refractivity contribution < 1.29 is 4.74 Å². The van der Waals surface area contributed by atoms with Crippen LogP contribution in [0.4, 0.5) is 0 Å². The van der Waals surface area contributed by atoms with Crippen molar-refractivity contribution >= 4 is 23.8 Å². The van der Waals surface area contributed by atoms with E-state index >= 15 is 0 Å². The number of rotatable bonds is 3. The number of benzene rings is 1. The molecular formula is C12H11ClN2OS. The Morgan fingerprint density at radius 2 is 2.18 bits per heavy atom. The fourth-order valence-electron chi connectivity index (χ4n) is 1.54. The van der Waals surface area contributed by atoms with Crippen LogP contribution in [0.15, 0.2) is 30.3 Å². The van der Waals surface area contributed by atoms with E-state index in [9.17, 15) is 0 Å². The summed E-state index contributed by atoms with van der Waals surface area (Å²) in [5.74, 6) is 0.690. The van der Waals surface area contributed by atoms with Crippen LogP contribution in [0.5, 0.6) is 0 Å². The summed E-state index contributed by atoms with van der Waals surface area (Å²) in [4.78, 5) is 7.33. The molecule has 0 saturated carbocycles. The minimum absolute atomic E-state index is 0.391. The van der Waals surface area contributed by atoms with Gasteiger partial charge in [0.25, 0.3) is 0 Å². The summed E-state index contributed by atoms with van der Waals surface area (Å²) in [5, 5.41) is 0.674. The summed E-state index contributed by atoms with van der Waals surface area (Å²) in [6, 6.07) is 9.37. The molecule has 0 bridgehead atoms. The lowest BCUT2D eigenvalue weighted by Crippen LogP contribution is -1.98. The van der Waals surface area contributed by atoms with Crippen LogP contribution >= 0.6 is 23.8 Å². The number of aromatic nitrogens is 2. The number of aromatic amines is 1. The fourth-order valence-corrected chi connectivity index (χ4v) is 2.00. The minimum Gasteiger partial charge on any atom is -0.377 e. The zero-order valence-electron chi connectivity index (χ0n) is 9.24. The van der Waals surface area contributed by atoms with Crippen LogP contribution in [0, 0.1) is 4.64 Å². The molecule has 0 amide bonds. The third-order valence-electron chi connectivity index (χ3n) is 2.24. The monoisotopic (exact) mass is 266 g/mol. The molecule has 1 aromatic heterocycles. The number of nitrogens with one attached hydrogen (secondary N) is 1. The van der Waals surface area contributed by atoms with Crippen molar-refractivity contribution in [1.29, 1.82) is 0 Å². The van der Waals surface area contributed by atoms with Gasteiger partial charge in [-0.2, -0.15) is 0 Å². The summed E-state index contributed by atoms with van der Waals surface area (Å²) in [6.45, 7) is 0.391. The molecule has 1 aromatic carbocycles. The molecule has 1 heterocycles. The van der Waals surface area contributed by atoms with Crippen molar-refractivity contribution in [3.05, 3.63) is 45.8 Å². The molecular weight excluding hydrogens is 256 g/mol. The second-order valence-corrected chi connectivity index (χ2v) is 4.32. The highest BCUT2D eigenvalue weighted by Gasteiger charge is 2.05. The molecule has 5 heteroatoms. The third kappa shape index (κ3) is 2.91. The maximum absolute atomic E-state index is 6.13. The lowest BCUT2D eigenvalue weighted by atomic mass is 10.1. The number of hydrogen-bond donors (Lipinski definition) is 1. The SMILES string of the molecule is COCc1nc(=S)cc(-c2ccccc2Cl)[nH]1. The van der Waals surface area contributed by atoms with Crippen LogP contribution in [0.25, 0.3) is 11.3 Å². The van der Waals surface area contributed by atoms with E-state index in [0.29, 0.717) is 22.1 Å². The van der Waals surface area contributed by atoms with Crippen molar-refractivity contribution in [2.45, 2.75) is 6.61 Å². The summed E-state index contributed by atoms with van der Waals surface area (Å²) in [7, 11) is 1.61. The number of hydrogen-bond acceptors (Lipinski definition) is 3. The zero-order chi connectivity index (χ0) is 12.3. The van der Waals surface area contributed by atoms with Gasteiger partial charge in [0, 0.05) is 17.7 Å². The Morgan fingerprint density at radius 1 is 1.41 bits per heavy atom. The zero-order valence-corrected chi connectivity index (χ0v) is 10.8. The molecule has 0 unspecified atom stereocenters. The van der Waals surface area contributed by atoms with E-state index in [1.807, 2.05) is 24.3 Å². The highest BCUT2D eigenvalue weighted by atomic mass is 35.5. The van der Waals surface area contributed by atoms with E-state index in [4.69, 9.17) is 28.6 Å². The maximum Gasteiger partial charge on any atom is 0.134 e. The molecule has 0 saturated heterocycles. The van der Waals surface area contributed by atoms with Crippen LogP contribution < -0.4 is 0 Å². The third-order valence-corrected chi connectivity index (χ3v) is 2.78. The predicted octanol–water partition coefficient (Wildman–Crippen LogP) is 3.61. The molecule has 0 fully saturated rings. The molecule has 1 N–H and O–H groups in total. The lowest BCUT2D eigenvalue weighted by molar-refractivity contribution is 0.177. The van der Waals surface area contributed by atoms with Gasteiger partial charge in [-0.3, -0.25) is 0 Å². The first-order valence-corrected chi connectivity index (χ1v) is 5.83. The van der Waals surface area contributed by atoms with Crippen LogP contribution in [0.1, 0.15) is 5.82 Å². The fraction of sp³-hybridized carbons (Fsp3) is 0.167. The van der Waals surface area contributed by atoms with Gasteiger partial charge in [-0.15, -0.1) is 0 Å². The Hall–Kier alpha value is -1.23. The van der Waals surface area contributed by atoms with Crippen LogP contribution in [0.3, 0.4) is 0 Å². The second-order valence-electron chi connectivity index (χ2n) is 3.49. The van der Waals surface area contributed by atoms with E-state index < -0.39 is 0 Å². The number of ether oxygens (including phenoxy) is 1. The first kappa shape index (κ1) is 12.2. The number of methoxy groups -OCH3 is 1. The van der Waals surface area contributed by atoms with Gasteiger partial charge in [0.15, 0.2) is 0 Å². The number of halogens is 1. The maximum atomic E-state index is 6.13. The molecule has 2 aromatic rings. The average molecular weight is 267 g/mol. The van der Waals surface area contributed by atoms with Gasteiger partial charge in [-0.25, -0.2) is 4.98 Å². The summed E-state index contributed by atoms with van der Waals surface area (Å²) >= 11 is 11.2. The highest BCUT2D eigenvalue weighted by molar-refractivity contribution is 7.71. The van der Waals surface area contributed by atoms with Gasteiger partial charge in [-0.05, 0) is 12.1 Å². The van der Waals surface area contributed by atoms with E-state index in [-0.39, 0.29) is 0 Å². The van der Waals surface area contributed by atoms with Crippen molar-refractivity contribution in [2.75, 3.05) is 7.11 Å². The smallest absolute Gasteiger partial charge is 0.134 e. The molecule has 2 rings (SSSR count). The Labute approximate surface area is 109 Å². The average Bonchev–Trinajstić information content (AvgIpc) is 2.29. The number of nitrogens with zero attached hydrogens (tertiary/aromatic N) is 1. The van der Waals surface area contributed by atoms with Gasteiger partial charge < -0.3 is 9.72 Å². The van der Waals surface area contributed by atoms with Crippen molar-refractivity contribution in [2.24, 2.45) is 0 Å². The Morgan fingerprint density at radius 3 is 2.88 bits per heavy atom. The van der Waals surface area contributed by atoms with E-state index in [1.54, 1.807) is 13.2 Å². The quantitative estimate of drug-likeness (QED) is 0.863. The highest BCUT2D eigenvalue weighted by Crippen LogP contribution is 2.25. The van der Waals surface area contributed by atoms with Crippen LogP contribution in [-0.2, 0) is 11.3 Å². The van der Waals surface area contributed by atoms with E-state index in [2.05, 4.69) is 9.97 Å².